The molecule has 10 heteroatoms. The van der Waals surface area contributed by atoms with E-state index in [0.717, 1.165) is 17.6 Å². The van der Waals surface area contributed by atoms with E-state index in [1.54, 1.807) is 31.1 Å². The molecule has 1 aliphatic heterocycles. The van der Waals surface area contributed by atoms with Crippen LogP contribution in [0.4, 0.5) is 5.69 Å². The number of rotatable bonds is 9. The average Bonchev–Trinajstić information content (AvgIpc) is 2.80. The lowest BCUT2D eigenvalue weighted by Gasteiger charge is -2.38. The fraction of sp³-hybridized carbons (Fsp3) is 0.480. The van der Waals surface area contributed by atoms with Crippen LogP contribution in [0.3, 0.4) is 0 Å². The van der Waals surface area contributed by atoms with Crippen molar-refractivity contribution in [3.8, 4) is 11.5 Å². The second-order valence-electron chi connectivity index (χ2n) is 9.25. The van der Waals surface area contributed by atoms with Crippen molar-refractivity contribution < 1.29 is 27.8 Å². The molecule has 1 heterocycles. The van der Waals surface area contributed by atoms with Crippen molar-refractivity contribution in [3.05, 3.63) is 53.6 Å². The highest BCUT2D eigenvalue weighted by Crippen LogP contribution is 2.31. The Morgan fingerprint density at radius 2 is 1.94 bits per heavy atom. The Morgan fingerprint density at radius 3 is 2.54 bits per heavy atom. The van der Waals surface area contributed by atoms with Gasteiger partial charge in [0, 0.05) is 31.2 Å². The summed E-state index contributed by atoms with van der Waals surface area (Å²) >= 11 is 0. The number of hydrogen-bond acceptors (Lipinski definition) is 7. The zero-order valence-corrected chi connectivity index (χ0v) is 21.7. The highest BCUT2D eigenvalue weighted by molar-refractivity contribution is 7.92. The summed E-state index contributed by atoms with van der Waals surface area (Å²) in [6.07, 6.45) is 0.811. The minimum atomic E-state index is -3.51. The van der Waals surface area contributed by atoms with Crippen molar-refractivity contribution >= 4 is 21.6 Å². The minimum Gasteiger partial charge on any atom is -0.497 e. The monoisotopic (exact) mass is 505 g/mol. The summed E-state index contributed by atoms with van der Waals surface area (Å²) in [4.78, 5) is 17.2. The number of aliphatic hydroxyl groups excluding tert-OH is 1. The first-order valence-electron chi connectivity index (χ1n) is 11.5. The second-order valence-corrected chi connectivity index (χ2v) is 11.0. The van der Waals surface area contributed by atoms with Gasteiger partial charge >= 0.3 is 0 Å². The molecule has 0 bridgehead atoms. The number of aliphatic hydroxyl groups is 1. The van der Waals surface area contributed by atoms with Gasteiger partial charge in [-0.05, 0) is 49.9 Å². The van der Waals surface area contributed by atoms with Gasteiger partial charge in [-0.1, -0.05) is 19.1 Å². The maximum atomic E-state index is 13.4. The van der Waals surface area contributed by atoms with Gasteiger partial charge in [-0.2, -0.15) is 0 Å². The molecule has 0 aliphatic carbocycles. The number of hydrogen-bond donors (Lipinski definition) is 2. The molecule has 0 spiro atoms. The second kappa shape index (κ2) is 11.3. The number of nitrogens with one attached hydrogen (secondary N) is 1. The fourth-order valence-corrected chi connectivity index (χ4v) is 4.69. The summed E-state index contributed by atoms with van der Waals surface area (Å²) in [5.41, 5.74) is 1.67. The molecule has 0 unspecified atom stereocenters. The number of nitrogens with zero attached hydrogens (tertiary/aromatic N) is 2. The van der Waals surface area contributed by atoms with E-state index in [2.05, 4.69) is 9.62 Å². The molecule has 2 aromatic rings. The molecule has 3 rings (SSSR count). The van der Waals surface area contributed by atoms with Crippen molar-refractivity contribution in [1.29, 1.82) is 0 Å². The molecule has 2 N–H and O–H groups in total. The lowest BCUT2D eigenvalue weighted by molar-refractivity contribution is 0.0341. The Morgan fingerprint density at radius 1 is 1.26 bits per heavy atom. The maximum Gasteiger partial charge on any atom is 0.258 e. The summed E-state index contributed by atoms with van der Waals surface area (Å²) < 4.78 is 37.4. The van der Waals surface area contributed by atoms with Gasteiger partial charge in [0.15, 0.2) is 0 Å². The Balaban J connectivity index is 1.88. The summed E-state index contributed by atoms with van der Waals surface area (Å²) in [7, 11) is 0.137. The first-order valence-corrected chi connectivity index (χ1v) is 13.4. The van der Waals surface area contributed by atoms with Crippen LogP contribution in [0.25, 0.3) is 0 Å². The number of likely N-dealkylation sites (N-methyl/N-ethyl adjacent to an activating group) is 1. The zero-order valence-electron chi connectivity index (χ0n) is 20.9. The van der Waals surface area contributed by atoms with Crippen LogP contribution >= 0.6 is 0 Å². The smallest absolute Gasteiger partial charge is 0.258 e. The predicted molar refractivity (Wildman–Crippen MR) is 135 cm³/mol. The molecule has 0 radical (unpaired) electrons. The largest absolute Gasteiger partial charge is 0.497 e. The van der Waals surface area contributed by atoms with Crippen molar-refractivity contribution in [2.24, 2.45) is 5.92 Å². The number of sulfonamides is 1. The lowest BCUT2D eigenvalue weighted by Crippen LogP contribution is -2.49. The molecule has 1 amide bonds. The molecular weight excluding hydrogens is 470 g/mol. The van der Waals surface area contributed by atoms with Gasteiger partial charge in [-0.25, -0.2) is 8.42 Å². The Labute approximate surface area is 207 Å². The number of methoxy groups -OCH3 is 1. The van der Waals surface area contributed by atoms with Crippen LogP contribution in [0, 0.1) is 5.92 Å². The third-order valence-electron chi connectivity index (χ3n) is 6.07. The highest BCUT2D eigenvalue weighted by atomic mass is 32.2. The van der Waals surface area contributed by atoms with Crippen molar-refractivity contribution in [2.75, 3.05) is 44.8 Å². The standard InChI is InChI=1S/C25H35N3O6S/c1-17-13-28(18(2)16-29)25(30)22-12-20(26-35(5,31)32)8-11-23(22)34-24(17)15-27(3)14-19-6-9-21(33-4)10-7-19/h6-12,17-18,24,26,29H,13-16H2,1-5H3/t17-,18-,24-/m1/s1. The van der Waals surface area contributed by atoms with Gasteiger partial charge in [0.1, 0.15) is 17.6 Å². The van der Waals surface area contributed by atoms with Gasteiger partial charge in [-0.15, -0.1) is 0 Å². The maximum absolute atomic E-state index is 13.4. The third kappa shape index (κ3) is 7.09. The molecule has 192 valence electrons. The molecule has 9 nitrogen and oxygen atoms in total. The Bertz CT molecular complexity index is 1120. The summed E-state index contributed by atoms with van der Waals surface area (Å²) in [6, 6.07) is 12.2. The molecule has 0 fully saturated rings. The van der Waals surface area contributed by atoms with E-state index in [1.807, 2.05) is 38.2 Å². The van der Waals surface area contributed by atoms with Gasteiger partial charge < -0.3 is 19.5 Å². The minimum absolute atomic E-state index is 0.0201. The van der Waals surface area contributed by atoms with E-state index < -0.39 is 16.1 Å². The SMILES string of the molecule is COc1ccc(CN(C)C[C@H]2Oc3ccc(NS(C)(=O)=O)cc3C(=O)N([C@H](C)CO)C[C@H]2C)cc1. The van der Waals surface area contributed by atoms with E-state index in [1.165, 1.54) is 6.07 Å². The lowest BCUT2D eigenvalue weighted by atomic mass is 9.99. The third-order valence-corrected chi connectivity index (χ3v) is 6.68. The van der Waals surface area contributed by atoms with Gasteiger partial charge in [0.05, 0.1) is 31.6 Å². The molecule has 1 aliphatic rings. The normalized spacial score (nSPS) is 19.4. The van der Waals surface area contributed by atoms with Crippen LogP contribution in [-0.2, 0) is 16.6 Å². The number of anilines is 1. The van der Waals surface area contributed by atoms with Crippen LogP contribution in [0.5, 0.6) is 11.5 Å². The molecule has 0 saturated carbocycles. The van der Waals surface area contributed by atoms with Crippen LogP contribution in [0.15, 0.2) is 42.5 Å². The first-order chi connectivity index (χ1) is 16.5. The summed E-state index contributed by atoms with van der Waals surface area (Å²) in [6.45, 7) is 5.33. The van der Waals surface area contributed by atoms with Crippen LogP contribution in [-0.4, -0.2) is 81.5 Å². The molecule has 3 atom stereocenters. The molecule has 35 heavy (non-hydrogen) atoms. The molecule has 0 saturated heterocycles. The highest BCUT2D eigenvalue weighted by Gasteiger charge is 2.33. The van der Waals surface area contributed by atoms with Crippen molar-refractivity contribution in [2.45, 2.75) is 32.5 Å². The Hall–Kier alpha value is -2.82. The van der Waals surface area contributed by atoms with Crippen molar-refractivity contribution in [3.63, 3.8) is 0 Å². The summed E-state index contributed by atoms with van der Waals surface area (Å²) in [5, 5.41) is 9.79. The van der Waals surface area contributed by atoms with E-state index in [0.29, 0.717) is 25.4 Å². The van der Waals surface area contributed by atoms with E-state index in [9.17, 15) is 18.3 Å². The fourth-order valence-electron chi connectivity index (χ4n) is 4.13. The van der Waals surface area contributed by atoms with E-state index in [4.69, 9.17) is 9.47 Å². The van der Waals surface area contributed by atoms with E-state index in [-0.39, 0.29) is 35.8 Å². The number of carbonyl (C=O) groups excluding carboxylic acids is 1. The molecule has 2 aromatic carbocycles. The summed E-state index contributed by atoms with van der Waals surface area (Å²) in [5.74, 6) is 0.861. The number of ether oxygens (including phenoxy) is 2. The van der Waals surface area contributed by atoms with Gasteiger partial charge in [0.2, 0.25) is 10.0 Å². The van der Waals surface area contributed by atoms with Gasteiger partial charge in [-0.3, -0.25) is 14.4 Å². The van der Waals surface area contributed by atoms with Crippen molar-refractivity contribution in [1.82, 2.24) is 9.80 Å². The number of amides is 1. The van der Waals surface area contributed by atoms with Crippen LogP contribution in [0.1, 0.15) is 29.8 Å². The van der Waals surface area contributed by atoms with Gasteiger partial charge in [0.25, 0.3) is 5.91 Å². The van der Waals surface area contributed by atoms with Crippen LogP contribution < -0.4 is 14.2 Å². The molecular formula is C25H35N3O6S. The first kappa shape index (κ1) is 26.8. The number of carbonyl (C=O) groups is 1. The molecule has 0 aromatic heterocycles. The average molecular weight is 506 g/mol. The quantitative estimate of drug-likeness (QED) is 0.539. The number of fused-ring (bicyclic) bond motifs is 1. The van der Waals surface area contributed by atoms with Crippen LogP contribution in [0.2, 0.25) is 0 Å². The van der Waals surface area contributed by atoms with E-state index >= 15 is 0 Å². The predicted octanol–water partition coefficient (Wildman–Crippen LogP) is 2.42. The number of benzene rings is 2. The topological polar surface area (TPSA) is 108 Å². The Kier molecular flexibility index (Phi) is 8.63. The zero-order chi connectivity index (χ0) is 25.8.